The molecular formula is C9H12F3I2NO2S. The monoisotopic (exact) mass is 509 g/mol. The minimum absolute atomic E-state index is 0.0375. The van der Waals surface area contributed by atoms with Gasteiger partial charge in [0.2, 0.25) is 0 Å². The summed E-state index contributed by atoms with van der Waals surface area (Å²) in [5.74, 6) is 0. The number of alkyl halides is 5. The fourth-order valence-corrected chi connectivity index (χ4v) is 6.73. The van der Waals surface area contributed by atoms with E-state index >= 15 is 0 Å². The van der Waals surface area contributed by atoms with E-state index in [-0.39, 0.29) is 7.85 Å². The quantitative estimate of drug-likeness (QED) is 0.403. The molecule has 2 aliphatic rings. The molecule has 2 aliphatic heterocycles. The highest BCUT2D eigenvalue weighted by Gasteiger charge is 2.58. The predicted molar refractivity (Wildman–Crippen MR) is 78.5 cm³/mol. The molecule has 9 heteroatoms. The van der Waals surface area contributed by atoms with Gasteiger partial charge in [0.1, 0.15) is 0 Å². The van der Waals surface area contributed by atoms with Crippen LogP contribution in [0.3, 0.4) is 0 Å². The maximum atomic E-state index is 12.7. The van der Waals surface area contributed by atoms with Gasteiger partial charge in [-0.15, -0.1) is 0 Å². The third-order valence-corrected chi connectivity index (χ3v) is 8.12. The van der Waals surface area contributed by atoms with E-state index in [4.69, 9.17) is 0 Å². The van der Waals surface area contributed by atoms with Crippen molar-refractivity contribution in [3.05, 3.63) is 0 Å². The van der Waals surface area contributed by atoms with Crippen LogP contribution in [-0.2, 0) is 10.0 Å². The number of nitrogens with zero attached hydrogens (tertiary/aromatic N) is 1. The first-order valence-electron chi connectivity index (χ1n) is 5.54. The van der Waals surface area contributed by atoms with E-state index in [0.717, 1.165) is 17.1 Å². The van der Waals surface area contributed by atoms with Crippen molar-refractivity contribution in [1.82, 2.24) is 4.31 Å². The fraction of sp³-hybridized carbons (Fsp3) is 1.00. The molecule has 0 saturated carbocycles. The van der Waals surface area contributed by atoms with Crippen LogP contribution in [0.5, 0.6) is 0 Å². The topological polar surface area (TPSA) is 37.4 Å². The van der Waals surface area contributed by atoms with Crippen molar-refractivity contribution in [2.45, 2.75) is 51.1 Å². The van der Waals surface area contributed by atoms with E-state index in [9.17, 15) is 21.6 Å². The Labute approximate surface area is 131 Å². The summed E-state index contributed by atoms with van der Waals surface area (Å²) in [6, 6.07) is -0.996. The highest BCUT2D eigenvalue weighted by atomic mass is 127. The summed E-state index contributed by atoms with van der Waals surface area (Å²) in [7, 11) is -5.20. The van der Waals surface area contributed by atoms with E-state index in [1.165, 1.54) is 0 Å². The zero-order chi connectivity index (χ0) is 13.7. The molecule has 0 N–H and O–H groups in total. The average molecular weight is 509 g/mol. The van der Waals surface area contributed by atoms with E-state index in [1.54, 1.807) is 0 Å². The SMILES string of the molecule is O=S(=O)(N1C2CCC1C(I)CCC2I)C(F)(F)F. The summed E-state index contributed by atoms with van der Waals surface area (Å²) in [5.41, 5.74) is -5.19. The zero-order valence-electron chi connectivity index (χ0n) is 9.20. The Morgan fingerprint density at radius 3 is 1.67 bits per heavy atom. The van der Waals surface area contributed by atoms with Crippen LogP contribution < -0.4 is 0 Å². The van der Waals surface area contributed by atoms with E-state index in [0.29, 0.717) is 12.8 Å². The second kappa shape index (κ2) is 5.17. The van der Waals surface area contributed by atoms with Gasteiger partial charge < -0.3 is 0 Å². The molecule has 3 nitrogen and oxygen atoms in total. The molecular weight excluding hydrogens is 497 g/mol. The summed E-state index contributed by atoms with van der Waals surface area (Å²) in [6.45, 7) is 0. The highest BCUT2D eigenvalue weighted by molar-refractivity contribution is 14.1. The predicted octanol–water partition coefficient (Wildman–Crippen LogP) is 3.07. The molecule has 2 rings (SSSR count). The third-order valence-electron chi connectivity index (χ3n) is 3.54. The molecule has 0 aliphatic carbocycles. The van der Waals surface area contributed by atoms with Crippen molar-refractivity contribution in [2.75, 3.05) is 0 Å². The molecule has 2 bridgehead atoms. The maximum Gasteiger partial charge on any atom is 0.511 e. The van der Waals surface area contributed by atoms with Crippen molar-refractivity contribution in [2.24, 2.45) is 0 Å². The number of halogens is 5. The lowest BCUT2D eigenvalue weighted by Gasteiger charge is -2.30. The van der Waals surface area contributed by atoms with Gasteiger partial charge in [-0.05, 0) is 25.7 Å². The Bertz CT molecular complexity index is 410. The summed E-state index contributed by atoms with van der Waals surface area (Å²) < 4.78 is 62.3. The van der Waals surface area contributed by atoms with Crippen LogP contribution in [0.25, 0.3) is 0 Å². The Morgan fingerprint density at radius 2 is 1.33 bits per heavy atom. The Kier molecular flexibility index (Phi) is 4.47. The van der Waals surface area contributed by atoms with Gasteiger partial charge in [0.25, 0.3) is 0 Å². The standard InChI is InChI=1S/C9H12F3I2NO2S/c10-9(11,12)18(16,17)15-7-3-4-8(15)6(14)2-1-5(7)13/h5-8H,1-4H2. The minimum Gasteiger partial charge on any atom is -0.203 e. The van der Waals surface area contributed by atoms with Crippen LogP contribution in [0.1, 0.15) is 25.7 Å². The van der Waals surface area contributed by atoms with Gasteiger partial charge in [-0.25, -0.2) is 8.42 Å². The van der Waals surface area contributed by atoms with Crippen LogP contribution in [-0.4, -0.2) is 38.2 Å². The number of sulfonamides is 1. The van der Waals surface area contributed by atoms with Gasteiger partial charge in [-0.3, -0.25) is 0 Å². The first-order valence-corrected chi connectivity index (χ1v) is 9.47. The lowest BCUT2D eigenvalue weighted by atomic mass is 10.0. The van der Waals surface area contributed by atoms with Gasteiger partial charge >= 0.3 is 15.5 Å². The van der Waals surface area contributed by atoms with E-state index in [2.05, 4.69) is 45.2 Å². The molecule has 18 heavy (non-hydrogen) atoms. The lowest BCUT2D eigenvalue weighted by Crippen LogP contribution is -2.50. The molecule has 2 fully saturated rings. The molecule has 2 heterocycles. The number of hydrogen-bond donors (Lipinski definition) is 0. The van der Waals surface area contributed by atoms with Gasteiger partial charge in [-0.2, -0.15) is 17.5 Å². The second-order valence-electron chi connectivity index (χ2n) is 4.60. The third kappa shape index (κ3) is 2.52. The molecule has 4 atom stereocenters. The molecule has 0 aromatic rings. The van der Waals surface area contributed by atoms with Crippen LogP contribution in [0, 0.1) is 0 Å². The van der Waals surface area contributed by atoms with Gasteiger partial charge in [0, 0.05) is 19.9 Å². The first-order chi connectivity index (χ1) is 8.16. The zero-order valence-corrected chi connectivity index (χ0v) is 14.3. The van der Waals surface area contributed by atoms with Crippen molar-refractivity contribution < 1.29 is 21.6 Å². The number of fused-ring (bicyclic) bond motifs is 2. The number of hydrogen-bond acceptors (Lipinski definition) is 2. The summed E-state index contributed by atoms with van der Waals surface area (Å²) in [6.07, 6.45) is 2.62. The van der Waals surface area contributed by atoms with Crippen LogP contribution in [0.4, 0.5) is 13.2 Å². The Hall–Kier alpha value is 1.16. The molecule has 0 radical (unpaired) electrons. The number of rotatable bonds is 1. The molecule has 0 aromatic heterocycles. The second-order valence-corrected chi connectivity index (χ2v) is 9.64. The summed E-state index contributed by atoms with van der Waals surface area (Å²) in [5, 5.41) is 0. The normalized spacial score (nSPS) is 38.7. The smallest absolute Gasteiger partial charge is 0.203 e. The fourth-order valence-electron chi connectivity index (χ4n) is 2.70. The molecule has 0 spiro atoms. The van der Waals surface area contributed by atoms with Crippen LogP contribution in [0.15, 0.2) is 0 Å². The van der Waals surface area contributed by atoms with Crippen molar-refractivity contribution in [3.8, 4) is 0 Å². The largest absolute Gasteiger partial charge is 0.511 e. The first kappa shape index (κ1) is 15.5. The van der Waals surface area contributed by atoms with Crippen molar-refractivity contribution in [1.29, 1.82) is 0 Å². The van der Waals surface area contributed by atoms with Crippen LogP contribution in [0.2, 0.25) is 0 Å². The Balaban J connectivity index is 2.43. The van der Waals surface area contributed by atoms with Crippen molar-refractivity contribution >= 4 is 55.2 Å². The molecule has 2 saturated heterocycles. The average Bonchev–Trinajstić information content (AvgIpc) is 2.63. The maximum absolute atomic E-state index is 12.7. The summed E-state index contributed by atoms with van der Waals surface area (Å²) >= 11 is 4.17. The minimum atomic E-state index is -5.20. The van der Waals surface area contributed by atoms with Gasteiger partial charge in [-0.1, -0.05) is 45.2 Å². The highest BCUT2D eigenvalue weighted by Crippen LogP contribution is 2.45. The van der Waals surface area contributed by atoms with Crippen molar-refractivity contribution in [3.63, 3.8) is 0 Å². The summed E-state index contributed by atoms with van der Waals surface area (Å²) in [4.78, 5) is 0. The van der Waals surface area contributed by atoms with E-state index in [1.807, 2.05) is 0 Å². The molecule has 0 aromatic carbocycles. The molecule has 106 valence electrons. The van der Waals surface area contributed by atoms with Gasteiger partial charge in [0.15, 0.2) is 0 Å². The van der Waals surface area contributed by atoms with Crippen LogP contribution >= 0.6 is 45.2 Å². The lowest BCUT2D eigenvalue weighted by molar-refractivity contribution is -0.0501. The van der Waals surface area contributed by atoms with E-state index < -0.39 is 27.6 Å². The molecule has 0 amide bonds. The molecule has 4 unspecified atom stereocenters. The Morgan fingerprint density at radius 1 is 0.944 bits per heavy atom. The van der Waals surface area contributed by atoms with Gasteiger partial charge in [0.05, 0.1) is 0 Å².